The lowest BCUT2D eigenvalue weighted by atomic mass is 9.63. The first-order chi connectivity index (χ1) is 16.4. The molecule has 2 aromatic rings. The van der Waals surface area contributed by atoms with E-state index in [2.05, 4.69) is 12.2 Å². The Kier molecular flexibility index (Phi) is 4.94. The summed E-state index contributed by atoms with van der Waals surface area (Å²) in [6.45, 7) is -0.474. The number of ketones is 1. The predicted molar refractivity (Wildman–Crippen MR) is 125 cm³/mol. The van der Waals surface area contributed by atoms with Gasteiger partial charge in [-0.2, -0.15) is 5.01 Å². The number of benzene rings is 2. The summed E-state index contributed by atoms with van der Waals surface area (Å²) < 4.78 is 0. The van der Waals surface area contributed by atoms with Crippen LogP contribution in [0.25, 0.3) is 0 Å². The fraction of sp³-hybridized carbons (Fsp3) is 0.308. The van der Waals surface area contributed by atoms with Gasteiger partial charge in [0.1, 0.15) is 6.54 Å². The molecule has 2 aromatic carbocycles. The van der Waals surface area contributed by atoms with E-state index in [0.717, 1.165) is 16.4 Å². The number of carbonyl (C=O) groups is 4. The van der Waals surface area contributed by atoms with Crippen molar-refractivity contribution in [2.24, 2.45) is 35.5 Å². The lowest BCUT2D eigenvalue weighted by molar-refractivity contribution is -0.154. The third-order valence-corrected chi connectivity index (χ3v) is 8.26. The highest BCUT2D eigenvalue weighted by atomic mass is 35.5. The number of hydrogen-bond donors (Lipinski definition) is 0. The molecule has 0 radical (unpaired) electrons. The van der Waals surface area contributed by atoms with E-state index >= 15 is 0 Å². The maximum absolute atomic E-state index is 13.6. The molecule has 6 atom stereocenters. The van der Waals surface area contributed by atoms with E-state index in [1.807, 2.05) is 0 Å². The van der Waals surface area contributed by atoms with E-state index in [1.54, 1.807) is 42.5 Å². The van der Waals surface area contributed by atoms with Crippen molar-refractivity contribution in [3.8, 4) is 0 Å². The number of hydrogen-bond acceptors (Lipinski definition) is 4. The van der Waals surface area contributed by atoms with Crippen LogP contribution in [0.2, 0.25) is 10.0 Å². The Labute approximate surface area is 206 Å². The van der Waals surface area contributed by atoms with Gasteiger partial charge >= 0.3 is 0 Å². The summed E-state index contributed by atoms with van der Waals surface area (Å²) in [4.78, 5) is 54.1. The van der Waals surface area contributed by atoms with Crippen molar-refractivity contribution in [2.45, 2.75) is 6.42 Å². The molecule has 1 heterocycles. The number of halogens is 2. The summed E-state index contributed by atoms with van der Waals surface area (Å²) >= 11 is 12.2. The van der Waals surface area contributed by atoms with Crippen LogP contribution in [-0.4, -0.2) is 40.1 Å². The second-order valence-corrected chi connectivity index (χ2v) is 10.3. The minimum Gasteiger partial charge on any atom is -0.292 e. The zero-order valence-corrected chi connectivity index (χ0v) is 19.4. The summed E-state index contributed by atoms with van der Waals surface area (Å²) in [6, 6.07) is 12.6. The molecule has 4 aliphatic carbocycles. The molecule has 8 heteroatoms. The smallest absolute Gasteiger partial charge is 0.274 e. The van der Waals surface area contributed by atoms with Crippen LogP contribution in [0.1, 0.15) is 27.1 Å². The molecule has 3 amide bonds. The second-order valence-electron chi connectivity index (χ2n) is 9.42. The van der Waals surface area contributed by atoms with Crippen LogP contribution in [0.5, 0.6) is 0 Å². The molecule has 34 heavy (non-hydrogen) atoms. The molecule has 5 aliphatic rings. The molecule has 2 bridgehead atoms. The van der Waals surface area contributed by atoms with Gasteiger partial charge in [0, 0.05) is 10.6 Å². The largest absolute Gasteiger partial charge is 0.292 e. The zero-order valence-electron chi connectivity index (χ0n) is 17.9. The van der Waals surface area contributed by atoms with Crippen LogP contribution in [0, 0.1) is 35.5 Å². The quantitative estimate of drug-likeness (QED) is 0.353. The molecule has 0 aromatic heterocycles. The van der Waals surface area contributed by atoms with Gasteiger partial charge in [-0.15, -0.1) is 0 Å². The molecular weight excluding hydrogens is 475 g/mol. The van der Waals surface area contributed by atoms with E-state index in [1.165, 1.54) is 6.07 Å². The average Bonchev–Trinajstić information content (AvgIpc) is 3.61. The number of amides is 3. The van der Waals surface area contributed by atoms with E-state index in [4.69, 9.17) is 23.2 Å². The zero-order chi connectivity index (χ0) is 23.7. The topological polar surface area (TPSA) is 74.8 Å². The number of imide groups is 1. The normalized spacial score (nSPS) is 30.2. The third-order valence-electron chi connectivity index (χ3n) is 7.68. The van der Waals surface area contributed by atoms with Crippen LogP contribution in [0.3, 0.4) is 0 Å². The Morgan fingerprint density at radius 3 is 2.06 bits per heavy atom. The van der Waals surface area contributed by atoms with Gasteiger partial charge in [-0.25, -0.2) is 5.01 Å². The van der Waals surface area contributed by atoms with Gasteiger partial charge in [-0.1, -0.05) is 47.5 Å². The predicted octanol–water partition coefficient (Wildman–Crippen LogP) is 4.29. The van der Waals surface area contributed by atoms with Crippen molar-refractivity contribution < 1.29 is 19.2 Å². The number of nitrogens with zero attached hydrogens (tertiary/aromatic N) is 2. The Balaban J connectivity index is 1.37. The Morgan fingerprint density at radius 1 is 0.882 bits per heavy atom. The summed E-state index contributed by atoms with van der Waals surface area (Å²) in [5, 5.41) is 2.55. The highest BCUT2D eigenvalue weighted by Crippen LogP contribution is 2.65. The fourth-order valence-corrected chi connectivity index (χ4v) is 6.39. The van der Waals surface area contributed by atoms with Crippen molar-refractivity contribution >= 4 is 46.7 Å². The molecule has 0 spiro atoms. The number of carbonyl (C=O) groups excluding carboxylic acids is 4. The first-order valence-corrected chi connectivity index (χ1v) is 12.0. The van der Waals surface area contributed by atoms with Crippen molar-refractivity contribution in [2.75, 3.05) is 6.54 Å². The number of allylic oxidation sites excluding steroid dienone is 2. The number of Topliss-reactive ketones (excluding diaryl/α,β-unsaturated/α-hetero) is 1. The van der Waals surface area contributed by atoms with Gasteiger partial charge in [0.25, 0.3) is 17.7 Å². The van der Waals surface area contributed by atoms with Crippen LogP contribution in [0.15, 0.2) is 60.7 Å². The van der Waals surface area contributed by atoms with Crippen LogP contribution >= 0.6 is 23.2 Å². The minimum atomic E-state index is -0.668. The minimum absolute atomic E-state index is 0.00526. The molecule has 1 saturated heterocycles. The van der Waals surface area contributed by atoms with Gasteiger partial charge in [-0.3, -0.25) is 19.2 Å². The summed E-state index contributed by atoms with van der Waals surface area (Å²) in [6.07, 6.45) is 5.16. The summed E-state index contributed by atoms with van der Waals surface area (Å²) in [7, 11) is 0. The highest BCUT2D eigenvalue weighted by Gasteiger charge is 2.68. The lowest BCUT2D eigenvalue weighted by Gasteiger charge is -2.37. The first-order valence-electron chi connectivity index (χ1n) is 11.3. The molecule has 0 N–H and O–H groups in total. The van der Waals surface area contributed by atoms with Crippen LogP contribution in [-0.2, 0) is 9.59 Å². The van der Waals surface area contributed by atoms with Crippen molar-refractivity contribution in [1.29, 1.82) is 0 Å². The number of rotatable bonds is 5. The Morgan fingerprint density at radius 2 is 1.47 bits per heavy atom. The molecule has 3 fully saturated rings. The Bertz CT molecular complexity index is 1240. The first kappa shape index (κ1) is 21.6. The number of hydrazine groups is 1. The Hall–Kier alpha value is -2.96. The van der Waals surface area contributed by atoms with Crippen LogP contribution in [0.4, 0.5) is 0 Å². The maximum atomic E-state index is 13.6. The van der Waals surface area contributed by atoms with Gasteiger partial charge in [0.2, 0.25) is 0 Å². The van der Waals surface area contributed by atoms with Gasteiger partial charge in [0.15, 0.2) is 5.78 Å². The van der Waals surface area contributed by atoms with Crippen LogP contribution < -0.4 is 0 Å². The van der Waals surface area contributed by atoms with E-state index in [0.29, 0.717) is 22.4 Å². The second kappa shape index (κ2) is 7.79. The summed E-state index contributed by atoms with van der Waals surface area (Å²) in [5.74, 6) is -2.02. The highest BCUT2D eigenvalue weighted by molar-refractivity contribution is 6.34. The monoisotopic (exact) mass is 494 g/mol. The molecular formula is C26H20Cl2N2O4. The summed E-state index contributed by atoms with van der Waals surface area (Å²) in [5.41, 5.74) is 0.438. The lowest BCUT2D eigenvalue weighted by Crippen LogP contribution is -2.52. The average molecular weight is 495 g/mol. The van der Waals surface area contributed by atoms with E-state index in [9.17, 15) is 19.2 Å². The fourth-order valence-electron chi connectivity index (χ4n) is 6.05. The van der Waals surface area contributed by atoms with Gasteiger partial charge in [-0.05, 0) is 66.5 Å². The maximum Gasteiger partial charge on any atom is 0.274 e. The molecule has 172 valence electrons. The molecule has 6 nitrogen and oxygen atoms in total. The van der Waals surface area contributed by atoms with E-state index < -0.39 is 41.9 Å². The van der Waals surface area contributed by atoms with Gasteiger partial charge < -0.3 is 0 Å². The van der Waals surface area contributed by atoms with E-state index in [-0.39, 0.29) is 22.4 Å². The molecule has 7 rings (SSSR count). The van der Waals surface area contributed by atoms with Crippen molar-refractivity contribution in [3.63, 3.8) is 0 Å². The van der Waals surface area contributed by atoms with Gasteiger partial charge in [0.05, 0.1) is 22.4 Å². The van der Waals surface area contributed by atoms with Crippen molar-refractivity contribution in [1.82, 2.24) is 10.0 Å². The molecule has 2 saturated carbocycles. The third kappa shape index (κ3) is 3.16. The molecule has 0 unspecified atom stereocenters. The molecule has 1 aliphatic heterocycles. The van der Waals surface area contributed by atoms with Crippen molar-refractivity contribution in [3.05, 3.63) is 81.9 Å². The standard InChI is InChI=1S/C26H20Cl2N2O4/c27-14-7-5-13(6-8-14)21(31)12-29(24(32)17-3-1-2-4-20(17)28)30-25(33)22-15-9-10-16(19-11-18(15)19)23(22)26(30)34/h1-10,15-16,18-19,22-23H,11-12H2/t15-,16-,18-,19-,22-,23+/m0/s1. The SMILES string of the molecule is O=C(CN(C(=O)c1ccccc1Cl)N1C(=O)[C@@H]2[C@H]3C=C[C@@H]([C@@H]4C[C@@H]34)[C@@H]2C1=O)c1ccc(Cl)cc1.